The summed E-state index contributed by atoms with van der Waals surface area (Å²) in [5.41, 5.74) is 2.71. The molecule has 0 radical (unpaired) electrons. The van der Waals surface area contributed by atoms with E-state index in [4.69, 9.17) is 9.84 Å². The first-order chi connectivity index (χ1) is 13.9. The number of fused-ring (bicyclic) bond motifs is 1. The molecular weight excluding hydrogens is 372 g/mol. The normalized spacial score (nSPS) is 14.8. The highest BCUT2D eigenvalue weighted by atomic mass is 16.5. The highest BCUT2D eigenvalue weighted by molar-refractivity contribution is 5.81. The molecular formula is C22H22N2O5. The predicted octanol–water partition coefficient (Wildman–Crippen LogP) is 2.73. The van der Waals surface area contributed by atoms with Gasteiger partial charge in [0.05, 0.1) is 12.5 Å². The van der Waals surface area contributed by atoms with Gasteiger partial charge in [-0.15, -0.1) is 0 Å². The summed E-state index contributed by atoms with van der Waals surface area (Å²) in [6, 6.07) is 14.2. The molecule has 0 aliphatic carbocycles. The average molecular weight is 394 g/mol. The summed E-state index contributed by atoms with van der Waals surface area (Å²) in [5, 5.41) is 11.5. The van der Waals surface area contributed by atoms with Crippen LogP contribution in [0.4, 0.5) is 0 Å². The van der Waals surface area contributed by atoms with Crippen LogP contribution in [-0.2, 0) is 20.9 Å². The van der Waals surface area contributed by atoms with E-state index >= 15 is 0 Å². The van der Waals surface area contributed by atoms with Crippen LogP contribution in [0.25, 0.3) is 6.08 Å². The molecule has 0 bridgehead atoms. The molecule has 0 fully saturated rings. The van der Waals surface area contributed by atoms with E-state index in [0.29, 0.717) is 5.75 Å². The van der Waals surface area contributed by atoms with Gasteiger partial charge in [0.25, 0.3) is 0 Å². The molecule has 0 saturated carbocycles. The third-order valence-electron chi connectivity index (χ3n) is 4.60. The van der Waals surface area contributed by atoms with Crippen LogP contribution >= 0.6 is 0 Å². The number of carboxylic acid groups (broad SMARTS) is 1. The number of rotatable bonds is 7. The van der Waals surface area contributed by atoms with Gasteiger partial charge < -0.3 is 20.1 Å². The third kappa shape index (κ3) is 5.22. The van der Waals surface area contributed by atoms with E-state index in [9.17, 15) is 14.4 Å². The van der Waals surface area contributed by atoms with Crippen LogP contribution in [-0.4, -0.2) is 34.4 Å². The molecule has 150 valence electrons. The molecule has 0 spiro atoms. The number of carbonyl (C=O) groups is 3. The summed E-state index contributed by atoms with van der Waals surface area (Å²) in [6.07, 6.45) is 3.72. The van der Waals surface area contributed by atoms with E-state index in [2.05, 4.69) is 5.32 Å². The minimum atomic E-state index is -1.06. The molecule has 0 unspecified atom stereocenters. The predicted molar refractivity (Wildman–Crippen MR) is 107 cm³/mol. The Morgan fingerprint density at radius 2 is 1.93 bits per heavy atom. The molecule has 3 rings (SSSR count). The number of carboxylic acids is 1. The minimum absolute atomic E-state index is 0.128. The second kappa shape index (κ2) is 9.05. The van der Waals surface area contributed by atoms with Crippen LogP contribution in [0.5, 0.6) is 5.75 Å². The number of carbonyl (C=O) groups excluding carboxylic acids is 2. The number of nitrogens with one attached hydrogen (secondary N) is 1. The highest BCUT2D eigenvalue weighted by Gasteiger charge is 2.28. The molecule has 1 aliphatic heterocycles. The number of amides is 2. The van der Waals surface area contributed by atoms with E-state index in [0.717, 1.165) is 16.7 Å². The molecule has 0 saturated heterocycles. The molecule has 1 atom stereocenters. The van der Waals surface area contributed by atoms with E-state index in [1.165, 1.54) is 6.92 Å². The average Bonchev–Trinajstić information content (AvgIpc) is 2.71. The Bertz CT molecular complexity index is 954. The first-order valence-electron chi connectivity index (χ1n) is 9.20. The number of aliphatic carboxylic acids is 1. The summed E-state index contributed by atoms with van der Waals surface area (Å²) >= 11 is 0. The van der Waals surface area contributed by atoms with Gasteiger partial charge in [-0.1, -0.05) is 36.4 Å². The molecule has 2 N–H and O–H groups in total. The second-order valence-corrected chi connectivity index (χ2v) is 6.70. The van der Waals surface area contributed by atoms with Crippen molar-refractivity contribution in [1.82, 2.24) is 10.2 Å². The van der Waals surface area contributed by atoms with Crippen molar-refractivity contribution in [3.8, 4) is 5.75 Å². The highest BCUT2D eigenvalue weighted by Crippen LogP contribution is 2.32. The standard InChI is InChI=1S/C22H22N2O5/c1-15(25)24-10-9-17-6-2-3-8-19(17)20(24)12-21(26)23-13-16-5-4-7-18(11-16)29-14-22(27)28/h2-11,20H,12-14H2,1H3,(H,23,26)(H,27,28)/t20-/m1/s1. The molecule has 2 aromatic rings. The van der Waals surface area contributed by atoms with Crippen molar-refractivity contribution in [2.45, 2.75) is 25.9 Å². The van der Waals surface area contributed by atoms with Gasteiger partial charge in [-0.25, -0.2) is 4.79 Å². The SMILES string of the molecule is CC(=O)N1C=Cc2ccccc2[C@H]1CC(=O)NCc1cccc(OCC(=O)O)c1. The fourth-order valence-corrected chi connectivity index (χ4v) is 3.25. The smallest absolute Gasteiger partial charge is 0.341 e. The summed E-state index contributed by atoms with van der Waals surface area (Å²) in [6.45, 7) is 1.32. The molecule has 1 heterocycles. The van der Waals surface area contributed by atoms with Crippen LogP contribution in [0, 0.1) is 0 Å². The number of benzene rings is 2. The van der Waals surface area contributed by atoms with Gasteiger partial charge in [-0.2, -0.15) is 0 Å². The maximum atomic E-state index is 12.6. The van der Waals surface area contributed by atoms with E-state index < -0.39 is 12.6 Å². The van der Waals surface area contributed by atoms with Crippen LogP contribution in [0.1, 0.15) is 36.1 Å². The quantitative estimate of drug-likeness (QED) is 0.753. The van der Waals surface area contributed by atoms with Crippen molar-refractivity contribution >= 4 is 23.9 Å². The molecule has 2 aromatic carbocycles. The lowest BCUT2D eigenvalue weighted by Crippen LogP contribution is -2.35. The van der Waals surface area contributed by atoms with Crippen molar-refractivity contribution in [1.29, 1.82) is 0 Å². The van der Waals surface area contributed by atoms with Crippen LogP contribution in [0.2, 0.25) is 0 Å². The molecule has 0 aromatic heterocycles. The van der Waals surface area contributed by atoms with Gasteiger partial charge in [-0.3, -0.25) is 9.59 Å². The fourth-order valence-electron chi connectivity index (χ4n) is 3.25. The topological polar surface area (TPSA) is 95.9 Å². The lowest BCUT2D eigenvalue weighted by Gasteiger charge is -2.32. The summed E-state index contributed by atoms with van der Waals surface area (Å²) in [7, 11) is 0. The molecule has 29 heavy (non-hydrogen) atoms. The van der Waals surface area contributed by atoms with E-state index in [-0.39, 0.29) is 30.8 Å². The van der Waals surface area contributed by atoms with Crippen molar-refractivity contribution < 1.29 is 24.2 Å². The summed E-state index contributed by atoms with van der Waals surface area (Å²) in [5.74, 6) is -0.950. The summed E-state index contributed by atoms with van der Waals surface area (Å²) in [4.78, 5) is 36.8. The van der Waals surface area contributed by atoms with Crippen LogP contribution < -0.4 is 10.1 Å². The second-order valence-electron chi connectivity index (χ2n) is 6.70. The van der Waals surface area contributed by atoms with E-state index in [1.54, 1.807) is 29.3 Å². The van der Waals surface area contributed by atoms with Gasteiger partial charge in [0.15, 0.2) is 6.61 Å². The molecule has 7 nitrogen and oxygen atoms in total. The Hall–Kier alpha value is -3.61. The van der Waals surface area contributed by atoms with Gasteiger partial charge in [0.1, 0.15) is 5.75 Å². The number of hydrogen-bond acceptors (Lipinski definition) is 4. The van der Waals surface area contributed by atoms with Crippen LogP contribution in [0.15, 0.2) is 54.7 Å². The van der Waals surface area contributed by atoms with Crippen molar-refractivity contribution in [2.75, 3.05) is 6.61 Å². The number of hydrogen-bond donors (Lipinski definition) is 2. The van der Waals surface area contributed by atoms with Crippen molar-refractivity contribution in [3.63, 3.8) is 0 Å². The zero-order valence-corrected chi connectivity index (χ0v) is 16.0. The van der Waals surface area contributed by atoms with Crippen molar-refractivity contribution in [2.24, 2.45) is 0 Å². The lowest BCUT2D eigenvalue weighted by atomic mass is 9.93. The number of nitrogens with zero attached hydrogens (tertiary/aromatic N) is 1. The Kier molecular flexibility index (Phi) is 6.29. The number of ether oxygens (including phenoxy) is 1. The van der Waals surface area contributed by atoms with Gasteiger partial charge in [0, 0.05) is 19.7 Å². The third-order valence-corrected chi connectivity index (χ3v) is 4.60. The van der Waals surface area contributed by atoms with Crippen molar-refractivity contribution in [3.05, 3.63) is 71.4 Å². The Labute approximate surface area is 168 Å². The largest absolute Gasteiger partial charge is 0.482 e. The Morgan fingerprint density at radius 1 is 1.14 bits per heavy atom. The minimum Gasteiger partial charge on any atom is -0.482 e. The first kappa shape index (κ1) is 20.1. The monoisotopic (exact) mass is 394 g/mol. The zero-order chi connectivity index (χ0) is 20.8. The first-order valence-corrected chi connectivity index (χ1v) is 9.20. The maximum absolute atomic E-state index is 12.6. The maximum Gasteiger partial charge on any atom is 0.341 e. The fraction of sp³-hybridized carbons (Fsp3) is 0.227. The Balaban J connectivity index is 1.64. The molecule has 2 amide bonds. The van der Waals surface area contributed by atoms with Gasteiger partial charge >= 0.3 is 5.97 Å². The Morgan fingerprint density at radius 3 is 2.69 bits per heavy atom. The zero-order valence-electron chi connectivity index (χ0n) is 16.0. The molecule has 1 aliphatic rings. The van der Waals surface area contributed by atoms with E-state index in [1.807, 2.05) is 36.4 Å². The van der Waals surface area contributed by atoms with Gasteiger partial charge in [0.2, 0.25) is 11.8 Å². The van der Waals surface area contributed by atoms with Crippen LogP contribution in [0.3, 0.4) is 0 Å². The summed E-state index contributed by atoms with van der Waals surface area (Å²) < 4.78 is 5.15. The lowest BCUT2D eigenvalue weighted by molar-refractivity contribution is -0.139. The van der Waals surface area contributed by atoms with Gasteiger partial charge in [-0.05, 0) is 34.9 Å². The molecule has 7 heteroatoms.